The molecule has 0 aliphatic carbocycles. The van der Waals surface area contributed by atoms with Crippen LogP contribution >= 0.6 is 0 Å². The van der Waals surface area contributed by atoms with Gasteiger partial charge >= 0.3 is 0 Å². The molecule has 0 saturated heterocycles. The fourth-order valence-electron chi connectivity index (χ4n) is 3.63. The van der Waals surface area contributed by atoms with Gasteiger partial charge in [-0.15, -0.1) is 0 Å². The zero-order chi connectivity index (χ0) is 20.8. The minimum absolute atomic E-state index is 0.206. The fourth-order valence-corrected chi connectivity index (χ4v) is 3.63. The molecule has 0 bridgehead atoms. The van der Waals surface area contributed by atoms with E-state index in [0.29, 0.717) is 33.5 Å². The lowest BCUT2D eigenvalue weighted by molar-refractivity contribution is 0.638. The molecule has 0 spiro atoms. The number of H-pyrrole nitrogens is 2. The van der Waals surface area contributed by atoms with E-state index in [0.717, 1.165) is 16.6 Å². The van der Waals surface area contributed by atoms with Crippen molar-refractivity contribution in [2.75, 3.05) is 0 Å². The van der Waals surface area contributed by atoms with Gasteiger partial charge in [0, 0.05) is 47.7 Å². The molecule has 6 rings (SSSR count). The van der Waals surface area contributed by atoms with E-state index < -0.39 is 5.82 Å². The van der Waals surface area contributed by atoms with Crippen molar-refractivity contribution < 1.29 is 4.39 Å². The molecule has 0 atom stereocenters. The number of nitrogens with zero attached hydrogens (tertiary/aromatic N) is 6. The van der Waals surface area contributed by atoms with Gasteiger partial charge in [-0.25, -0.2) is 9.37 Å². The number of aromatic nitrogens is 8. The zero-order valence-electron chi connectivity index (χ0n) is 15.9. The van der Waals surface area contributed by atoms with Crippen LogP contribution in [0.15, 0.2) is 67.6 Å². The number of halogens is 1. The van der Waals surface area contributed by atoms with Gasteiger partial charge in [0.2, 0.25) is 0 Å². The molecule has 0 radical (unpaired) electrons. The number of pyridine rings is 4. The molecule has 0 saturated carbocycles. The van der Waals surface area contributed by atoms with E-state index in [1.165, 1.54) is 0 Å². The van der Waals surface area contributed by atoms with Crippen molar-refractivity contribution in [1.29, 1.82) is 0 Å². The Morgan fingerprint density at radius 2 is 1.58 bits per heavy atom. The second-order valence-corrected chi connectivity index (χ2v) is 6.93. The van der Waals surface area contributed by atoms with Gasteiger partial charge in [0.15, 0.2) is 11.6 Å². The van der Waals surface area contributed by atoms with E-state index in [4.69, 9.17) is 4.98 Å². The SMILES string of the molecule is Fc1c(-c2cccnc2)ncc2[nH]nc(-c3nc4c(-c5cccnc5)cncc4[nH]3)c12. The maximum atomic E-state index is 15.5. The maximum absolute atomic E-state index is 15.5. The Kier molecular flexibility index (Phi) is 3.79. The van der Waals surface area contributed by atoms with Crippen LogP contribution in [0.25, 0.3) is 55.8 Å². The number of aromatic amines is 2. The van der Waals surface area contributed by atoms with Crippen molar-refractivity contribution in [3.63, 3.8) is 0 Å². The van der Waals surface area contributed by atoms with Gasteiger partial charge in [-0.05, 0) is 18.2 Å². The largest absolute Gasteiger partial charge is 0.335 e. The third-order valence-electron chi connectivity index (χ3n) is 5.07. The van der Waals surface area contributed by atoms with E-state index >= 15 is 4.39 Å². The van der Waals surface area contributed by atoms with Gasteiger partial charge < -0.3 is 4.98 Å². The minimum Gasteiger partial charge on any atom is -0.335 e. The maximum Gasteiger partial charge on any atom is 0.161 e. The number of hydrogen-bond acceptors (Lipinski definition) is 6. The normalized spacial score (nSPS) is 11.4. The molecule has 6 aromatic heterocycles. The molecule has 6 aromatic rings. The summed E-state index contributed by atoms with van der Waals surface area (Å²) in [6.07, 6.45) is 11.6. The Balaban J connectivity index is 1.56. The summed E-state index contributed by atoms with van der Waals surface area (Å²) in [5.41, 5.74) is 4.77. The number of rotatable bonds is 3. The van der Waals surface area contributed by atoms with Gasteiger partial charge in [0.05, 0.1) is 28.8 Å². The van der Waals surface area contributed by atoms with E-state index in [-0.39, 0.29) is 5.69 Å². The molecular formula is C22H13FN8. The summed E-state index contributed by atoms with van der Waals surface area (Å²) in [6, 6.07) is 7.29. The molecule has 0 unspecified atom stereocenters. The average Bonchev–Trinajstić information content (AvgIpc) is 3.45. The van der Waals surface area contributed by atoms with Gasteiger partial charge in [-0.3, -0.25) is 25.0 Å². The van der Waals surface area contributed by atoms with Gasteiger partial charge in [0.1, 0.15) is 16.9 Å². The highest BCUT2D eigenvalue weighted by molar-refractivity contribution is 5.97. The second-order valence-electron chi connectivity index (χ2n) is 6.93. The number of imidazole rings is 1. The van der Waals surface area contributed by atoms with Crippen molar-refractivity contribution in [2.24, 2.45) is 0 Å². The first kappa shape index (κ1) is 17.3. The molecule has 148 valence electrons. The molecule has 6 heterocycles. The van der Waals surface area contributed by atoms with Crippen molar-refractivity contribution in [3.8, 4) is 33.9 Å². The average molecular weight is 408 g/mol. The highest BCUT2D eigenvalue weighted by Gasteiger charge is 2.21. The van der Waals surface area contributed by atoms with E-state index in [9.17, 15) is 0 Å². The highest BCUT2D eigenvalue weighted by Crippen LogP contribution is 2.33. The topological polar surface area (TPSA) is 109 Å². The van der Waals surface area contributed by atoms with Crippen molar-refractivity contribution >= 4 is 21.9 Å². The standard InChI is InChI=1S/C22H13FN8/c23-18-17-15(11-27-19(18)13-4-2-6-25-8-13)30-31-21(17)22-28-16-10-26-9-14(20(16)29-22)12-3-1-5-24-7-12/h1-11H,(H,28,29)(H,30,31). The van der Waals surface area contributed by atoms with Crippen molar-refractivity contribution in [1.82, 2.24) is 40.1 Å². The summed E-state index contributed by atoms with van der Waals surface area (Å²) in [4.78, 5) is 24.7. The zero-order valence-corrected chi connectivity index (χ0v) is 15.9. The summed E-state index contributed by atoms with van der Waals surface area (Å²) < 4.78 is 15.5. The predicted octanol–water partition coefficient (Wildman–Crippen LogP) is 4.16. The van der Waals surface area contributed by atoms with Crippen LogP contribution in [0.3, 0.4) is 0 Å². The van der Waals surface area contributed by atoms with E-state index in [1.807, 2.05) is 12.1 Å². The first-order valence-electron chi connectivity index (χ1n) is 9.47. The van der Waals surface area contributed by atoms with Crippen LogP contribution in [0, 0.1) is 5.82 Å². The molecular weight excluding hydrogens is 395 g/mol. The quantitative estimate of drug-likeness (QED) is 0.455. The molecule has 0 aliphatic heterocycles. The Labute approximate surface area is 174 Å². The van der Waals surface area contributed by atoms with E-state index in [1.54, 1.807) is 55.5 Å². The molecule has 0 aliphatic rings. The first-order valence-corrected chi connectivity index (χ1v) is 9.47. The minimum atomic E-state index is -0.486. The van der Waals surface area contributed by atoms with Gasteiger partial charge in [0.25, 0.3) is 0 Å². The summed E-state index contributed by atoms with van der Waals surface area (Å²) in [5, 5.41) is 7.46. The van der Waals surface area contributed by atoms with Crippen LogP contribution < -0.4 is 0 Å². The van der Waals surface area contributed by atoms with Crippen LogP contribution in [0.2, 0.25) is 0 Å². The molecule has 8 nitrogen and oxygen atoms in total. The van der Waals surface area contributed by atoms with Gasteiger partial charge in [-0.2, -0.15) is 5.10 Å². The molecule has 2 N–H and O–H groups in total. The lowest BCUT2D eigenvalue weighted by Gasteiger charge is -2.03. The van der Waals surface area contributed by atoms with Crippen LogP contribution in [0.4, 0.5) is 4.39 Å². The number of hydrogen-bond donors (Lipinski definition) is 2. The Hall–Kier alpha value is -4.53. The van der Waals surface area contributed by atoms with Crippen molar-refractivity contribution in [3.05, 3.63) is 73.5 Å². The third kappa shape index (κ3) is 2.75. The lowest BCUT2D eigenvalue weighted by atomic mass is 10.1. The number of fused-ring (bicyclic) bond motifs is 2. The van der Waals surface area contributed by atoms with Crippen LogP contribution in [-0.2, 0) is 0 Å². The smallest absolute Gasteiger partial charge is 0.161 e. The highest BCUT2D eigenvalue weighted by atomic mass is 19.1. The lowest BCUT2D eigenvalue weighted by Crippen LogP contribution is -1.92. The fraction of sp³-hybridized carbons (Fsp3) is 0. The van der Waals surface area contributed by atoms with Crippen LogP contribution in [-0.4, -0.2) is 40.1 Å². The Bertz CT molecular complexity index is 1540. The molecule has 0 fully saturated rings. The molecule has 9 heteroatoms. The Morgan fingerprint density at radius 1 is 0.774 bits per heavy atom. The monoisotopic (exact) mass is 408 g/mol. The summed E-state index contributed by atoms with van der Waals surface area (Å²) in [6.45, 7) is 0. The molecule has 0 amide bonds. The van der Waals surface area contributed by atoms with E-state index in [2.05, 4.69) is 35.1 Å². The number of nitrogens with one attached hydrogen (secondary N) is 2. The van der Waals surface area contributed by atoms with Crippen molar-refractivity contribution in [2.45, 2.75) is 0 Å². The second kappa shape index (κ2) is 6.77. The Morgan fingerprint density at radius 3 is 2.35 bits per heavy atom. The summed E-state index contributed by atoms with van der Waals surface area (Å²) >= 11 is 0. The summed E-state index contributed by atoms with van der Waals surface area (Å²) in [7, 11) is 0. The van der Waals surface area contributed by atoms with Gasteiger partial charge in [-0.1, -0.05) is 6.07 Å². The third-order valence-corrected chi connectivity index (χ3v) is 5.07. The first-order chi connectivity index (χ1) is 15.3. The van der Waals surface area contributed by atoms with Crippen LogP contribution in [0.5, 0.6) is 0 Å². The summed E-state index contributed by atoms with van der Waals surface area (Å²) in [5.74, 6) is -0.0538. The van der Waals surface area contributed by atoms with Crippen LogP contribution in [0.1, 0.15) is 0 Å². The molecule has 0 aromatic carbocycles. The molecule has 31 heavy (non-hydrogen) atoms. The predicted molar refractivity (Wildman–Crippen MR) is 113 cm³/mol.